The van der Waals surface area contributed by atoms with Crippen LogP contribution in [-0.2, 0) is 0 Å². The lowest BCUT2D eigenvalue weighted by atomic mass is 10.0. The Balaban J connectivity index is 1.69. The molecule has 0 amide bonds. The van der Waals surface area contributed by atoms with Crippen molar-refractivity contribution < 1.29 is 9.47 Å². The lowest BCUT2D eigenvalue weighted by molar-refractivity contribution is 0.385. The van der Waals surface area contributed by atoms with Gasteiger partial charge in [0.15, 0.2) is 0 Å². The minimum absolute atomic E-state index is 0.788. The minimum Gasteiger partial charge on any atom is -0.497 e. The molecule has 4 heteroatoms. The van der Waals surface area contributed by atoms with Crippen molar-refractivity contribution in [3.8, 4) is 11.5 Å². The Hall–Kier alpha value is -1.94. The minimum atomic E-state index is 0.788. The molecule has 0 saturated carbocycles. The van der Waals surface area contributed by atoms with Crippen molar-refractivity contribution in [2.24, 2.45) is 11.8 Å². The number of ether oxygens (including phenoxy) is 2. The Labute approximate surface area is 137 Å². The van der Waals surface area contributed by atoms with E-state index in [2.05, 4.69) is 41.1 Å². The van der Waals surface area contributed by atoms with Crippen LogP contribution < -0.4 is 14.4 Å². The molecule has 4 nitrogen and oxygen atoms in total. The molecular weight excluding hydrogens is 288 g/mol. The van der Waals surface area contributed by atoms with E-state index in [0.29, 0.717) is 0 Å². The van der Waals surface area contributed by atoms with Crippen LogP contribution in [0.5, 0.6) is 11.5 Å². The number of likely N-dealkylation sites (tertiary alicyclic amines) is 1. The molecule has 122 valence electrons. The molecule has 2 saturated heterocycles. The summed E-state index contributed by atoms with van der Waals surface area (Å²) in [4.78, 5) is 4.96. The van der Waals surface area contributed by atoms with Crippen molar-refractivity contribution >= 4 is 16.5 Å². The van der Waals surface area contributed by atoms with E-state index in [-0.39, 0.29) is 0 Å². The molecule has 2 aliphatic heterocycles. The molecule has 0 aromatic heterocycles. The summed E-state index contributed by atoms with van der Waals surface area (Å²) < 4.78 is 11.0. The molecule has 4 rings (SSSR count). The predicted octanol–water partition coefficient (Wildman–Crippen LogP) is 2.85. The van der Waals surface area contributed by atoms with Crippen molar-refractivity contribution in [1.29, 1.82) is 0 Å². The highest BCUT2D eigenvalue weighted by molar-refractivity contribution is 5.90. The van der Waals surface area contributed by atoms with E-state index < -0.39 is 0 Å². The number of hydrogen-bond acceptors (Lipinski definition) is 4. The standard InChI is InChI=1S/C19H24N2O2/c1-20-9-15-11-21(12-16(15)10-20)18-7-13-4-5-17(22-2)6-14(13)8-19(18)23-3/h4-8,15-16H,9-12H2,1-3H3. The first kappa shape index (κ1) is 14.6. The molecular formula is C19H24N2O2. The zero-order valence-corrected chi connectivity index (χ0v) is 14.1. The molecule has 0 aliphatic carbocycles. The number of anilines is 1. The summed E-state index contributed by atoms with van der Waals surface area (Å²) >= 11 is 0. The van der Waals surface area contributed by atoms with Crippen LogP contribution >= 0.6 is 0 Å². The van der Waals surface area contributed by atoms with Crippen LogP contribution in [0.1, 0.15) is 0 Å². The maximum absolute atomic E-state index is 5.69. The third kappa shape index (κ3) is 2.51. The van der Waals surface area contributed by atoms with E-state index >= 15 is 0 Å². The summed E-state index contributed by atoms with van der Waals surface area (Å²) in [5.41, 5.74) is 1.22. The molecule has 2 unspecified atom stereocenters. The Kier molecular flexibility index (Phi) is 3.57. The number of fused-ring (bicyclic) bond motifs is 2. The van der Waals surface area contributed by atoms with Crippen LogP contribution in [0.15, 0.2) is 30.3 Å². The predicted molar refractivity (Wildman–Crippen MR) is 93.7 cm³/mol. The summed E-state index contributed by atoms with van der Waals surface area (Å²) in [5.74, 6) is 3.41. The third-order valence-electron chi connectivity index (χ3n) is 5.35. The van der Waals surface area contributed by atoms with E-state index in [0.717, 1.165) is 41.8 Å². The monoisotopic (exact) mass is 312 g/mol. The van der Waals surface area contributed by atoms with E-state index in [1.807, 2.05) is 6.07 Å². The fourth-order valence-electron chi connectivity index (χ4n) is 4.20. The molecule has 23 heavy (non-hydrogen) atoms. The van der Waals surface area contributed by atoms with Crippen LogP contribution in [0.3, 0.4) is 0 Å². The Morgan fingerprint density at radius 3 is 2.26 bits per heavy atom. The van der Waals surface area contributed by atoms with Crippen LogP contribution in [-0.4, -0.2) is 52.3 Å². The summed E-state index contributed by atoms with van der Waals surface area (Å²) in [6.45, 7) is 4.70. The van der Waals surface area contributed by atoms with Gasteiger partial charge in [-0.25, -0.2) is 0 Å². The summed E-state index contributed by atoms with van der Waals surface area (Å²) in [5, 5.41) is 2.39. The Morgan fingerprint density at radius 2 is 1.61 bits per heavy atom. The summed E-state index contributed by atoms with van der Waals surface area (Å²) in [6, 6.07) is 10.6. The lowest BCUT2D eigenvalue weighted by Gasteiger charge is -2.24. The molecule has 0 N–H and O–H groups in total. The van der Waals surface area contributed by atoms with Gasteiger partial charge in [0.1, 0.15) is 11.5 Å². The highest BCUT2D eigenvalue weighted by Crippen LogP contribution is 2.40. The van der Waals surface area contributed by atoms with Gasteiger partial charge in [0, 0.05) is 26.2 Å². The van der Waals surface area contributed by atoms with E-state index in [1.165, 1.54) is 24.2 Å². The number of nitrogens with zero attached hydrogens (tertiary/aromatic N) is 2. The van der Waals surface area contributed by atoms with Gasteiger partial charge < -0.3 is 19.3 Å². The van der Waals surface area contributed by atoms with Crippen molar-refractivity contribution in [2.45, 2.75) is 0 Å². The molecule has 2 aromatic rings. The van der Waals surface area contributed by atoms with Gasteiger partial charge in [0.2, 0.25) is 0 Å². The summed E-state index contributed by atoms with van der Waals surface area (Å²) in [7, 11) is 5.69. The highest BCUT2D eigenvalue weighted by atomic mass is 16.5. The average Bonchev–Trinajstić information content (AvgIpc) is 3.10. The third-order valence-corrected chi connectivity index (χ3v) is 5.35. The zero-order valence-electron chi connectivity index (χ0n) is 14.1. The highest BCUT2D eigenvalue weighted by Gasteiger charge is 2.39. The summed E-state index contributed by atoms with van der Waals surface area (Å²) in [6.07, 6.45) is 0. The molecule has 2 aromatic carbocycles. The van der Waals surface area contributed by atoms with Crippen LogP contribution in [0.25, 0.3) is 10.8 Å². The quantitative estimate of drug-likeness (QED) is 0.870. The second-order valence-corrected chi connectivity index (χ2v) is 6.88. The second-order valence-electron chi connectivity index (χ2n) is 6.88. The van der Waals surface area contributed by atoms with Gasteiger partial charge in [-0.15, -0.1) is 0 Å². The maximum Gasteiger partial charge on any atom is 0.142 e. The van der Waals surface area contributed by atoms with E-state index in [4.69, 9.17) is 9.47 Å². The molecule has 0 bridgehead atoms. The second kappa shape index (κ2) is 5.60. The van der Waals surface area contributed by atoms with Gasteiger partial charge in [0.05, 0.1) is 19.9 Å². The average molecular weight is 312 g/mol. The first-order valence-electron chi connectivity index (χ1n) is 8.27. The molecule has 0 radical (unpaired) electrons. The number of methoxy groups -OCH3 is 2. The van der Waals surface area contributed by atoms with E-state index in [1.54, 1.807) is 14.2 Å². The first-order valence-corrected chi connectivity index (χ1v) is 8.27. The first-order chi connectivity index (χ1) is 11.2. The van der Waals surface area contributed by atoms with Crippen LogP contribution in [0, 0.1) is 11.8 Å². The number of hydrogen-bond donors (Lipinski definition) is 0. The molecule has 2 heterocycles. The van der Waals surface area contributed by atoms with E-state index in [9.17, 15) is 0 Å². The molecule has 2 aliphatic rings. The fraction of sp³-hybridized carbons (Fsp3) is 0.474. The maximum atomic E-state index is 5.69. The molecule has 0 spiro atoms. The molecule has 2 fully saturated rings. The van der Waals surface area contributed by atoms with Crippen molar-refractivity contribution in [3.63, 3.8) is 0 Å². The largest absolute Gasteiger partial charge is 0.497 e. The van der Waals surface area contributed by atoms with Crippen molar-refractivity contribution in [2.75, 3.05) is 52.3 Å². The molecule has 2 atom stereocenters. The van der Waals surface area contributed by atoms with Crippen LogP contribution in [0.4, 0.5) is 5.69 Å². The van der Waals surface area contributed by atoms with Gasteiger partial charge >= 0.3 is 0 Å². The Morgan fingerprint density at radius 1 is 0.870 bits per heavy atom. The Bertz CT molecular complexity index is 717. The SMILES string of the molecule is COc1ccc2cc(N3CC4CN(C)CC4C3)c(OC)cc2c1. The normalized spacial score (nSPS) is 24.2. The number of benzene rings is 2. The lowest BCUT2D eigenvalue weighted by Crippen LogP contribution is -2.26. The van der Waals surface area contributed by atoms with Crippen molar-refractivity contribution in [1.82, 2.24) is 4.90 Å². The van der Waals surface area contributed by atoms with Gasteiger partial charge in [-0.05, 0) is 53.9 Å². The topological polar surface area (TPSA) is 24.9 Å². The fourth-order valence-corrected chi connectivity index (χ4v) is 4.20. The van der Waals surface area contributed by atoms with Gasteiger partial charge in [-0.2, -0.15) is 0 Å². The van der Waals surface area contributed by atoms with Crippen LogP contribution in [0.2, 0.25) is 0 Å². The van der Waals surface area contributed by atoms with Gasteiger partial charge in [-0.1, -0.05) is 6.07 Å². The van der Waals surface area contributed by atoms with Crippen molar-refractivity contribution in [3.05, 3.63) is 30.3 Å². The zero-order chi connectivity index (χ0) is 16.0. The van der Waals surface area contributed by atoms with Gasteiger partial charge in [0.25, 0.3) is 0 Å². The van der Waals surface area contributed by atoms with Gasteiger partial charge in [-0.3, -0.25) is 0 Å². The smallest absolute Gasteiger partial charge is 0.142 e. The number of rotatable bonds is 3.